The number of aryl methyl sites for hydroxylation is 1. The van der Waals surface area contributed by atoms with Crippen molar-refractivity contribution in [2.24, 2.45) is 0 Å². The van der Waals surface area contributed by atoms with Gasteiger partial charge in [0.15, 0.2) is 0 Å². The number of carbonyl (C=O) groups excluding carboxylic acids is 2. The van der Waals surface area contributed by atoms with E-state index in [9.17, 15) is 14.0 Å². The first kappa shape index (κ1) is 30.6. The summed E-state index contributed by atoms with van der Waals surface area (Å²) >= 11 is 0. The van der Waals surface area contributed by atoms with Gasteiger partial charge in [-0.1, -0.05) is 58.7 Å². The molecule has 7 heteroatoms. The largest absolute Gasteiger partial charge is 0.379 e. The molecule has 1 unspecified atom stereocenters. The third-order valence-corrected chi connectivity index (χ3v) is 6.05. The zero-order valence-electron chi connectivity index (χ0n) is 22.4. The van der Waals surface area contributed by atoms with Gasteiger partial charge in [0.25, 0.3) is 0 Å². The summed E-state index contributed by atoms with van der Waals surface area (Å²) in [5.74, 6) is -0.524. The minimum atomic E-state index is -0.559. The molecule has 0 saturated carbocycles. The van der Waals surface area contributed by atoms with Gasteiger partial charge in [0.05, 0.1) is 6.54 Å². The second-order valence-electron chi connectivity index (χ2n) is 9.11. The molecule has 0 fully saturated rings. The van der Waals surface area contributed by atoms with Crippen LogP contribution in [0.4, 0.5) is 4.39 Å². The van der Waals surface area contributed by atoms with E-state index >= 15 is 0 Å². The van der Waals surface area contributed by atoms with E-state index in [0.29, 0.717) is 38.4 Å². The third-order valence-electron chi connectivity index (χ3n) is 6.05. The van der Waals surface area contributed by atoms with Gasteiger partial charge >= 0.3 is 0 Å². The molecule has 0 heterocycles. The van der Waals surface area contributed by atoms with Gasteiger partial charge in [-0.25, -0.2) is 4.39 Å². The summed E-state index contributed by atoms with van der Waals surface area (Å²) < 4.78 is 14.1. The number of allylic oxidation sites excluding steroid dienone is 1. The molecule has 1 rings (SSSR count). The summed E-state index contributed by atoms with van der Waals surface area (Å²) in [7, 11) is 0. The molecule has 4 N–H and O–H groups in total. The third kappa shape index (κ3) is 12.2. The van der Waals surface area contributed by atoms with E-state index in [2.05, 4.69) is 48.1 Å². The quantitative estimate of drug-likeness (QED) is 0.230. The number of nitrogens with one attached hydrogen (secondary N) is 4. The fourth-order valence-electron chi connectivity index (χ4n) is 3.86. The van der Waals surface area contributed by atoms with Gasteiger partial charge in [-0.15, -0.1) is 0 Å². The number of hydrogen-bond donors (Lipinski definition) is 4. The molecule has 35 heavy (non-hydrogen) atoms. The van der Waals surface area contributed by atoms with Crippen molar-refractivity contribution in [2.45, 2.75) is 98.1 Å². The van der Waals surface area contributed by atoms with Gasteiger partial charge in [0, 0.05) is 24.8 Å². The van der Waals surface area contributed by atoms with Crippen molar-refractivity contribution in [1.82, 2.24) is 21.3 Å². The highest BCUT2D eigenvalue weighted by atomic mass is 19.1. The number of hydrogen-bond acceptors (Lipinski definition) is 4. The van der Waals surface area contributed by atoms with E-state index in [1.807, 2.05) is 19.9 Å². The minimum Gasteiger partial charge on any atom is -0.379 e. The van der Waals surface area contributed by atoms with Crippen LogP contribution < -0.4 is 21.3 Å². The van der Waals surface area contributed by atoms with Crippen LogP contribution in [0.2, 0.25) is 0 Å². The van der Waals surface area contributed by atoms with Gasteiger partial charge < -0.3 is 21.3 Å². The highest BCUT2D eigenvalue weighted by molar-refractivity contribution is 5.88. The maximum atomic E-state index is 14.1. The monoisotopic (exact) mass is 490 g/mol. The second-order valence-corrected chi connectivity index (χ2v) is 9.11. The Morgan fingerprint density at radius 1 is 1.03 bits per heavy atom. The zero-order valence-corrected chi connectivity index (χ0v) is 22.4. The van der Waals surface area contributed by atoms with Crippen molar-refractivity contribution >= 4 is 11.8 Å². The smallest absolute Gasteiger partial charge is 0.242 e. The van der Waals surface area contributed by atoms with Gasteiger partial charge in [-0.2, -0.15) is 0 Å². The molecule has 6 nitrogen and oxygen atoms in total. The molecule has 0 aromatic heterocycles. The molecule has 0 bridgehead atoms. The van der Waals surface area contributed by atoms with Crippen molar-refractivity contribution in [3.63, 3.8) is 0 Å². The molecular weight excluding hydrogens is 443 g/mol. The fraction of sp³-hybridized carbons (Fsp3) is 0.643. The standard InChI is InChI=1S/C28H47FN4O2/c1-6-12-23(19-31-21(5)9-4)32-20-27(34)33-26(14-8-3)28(35)30-18-11-16-22-15-10-17-25(29)24(22)13-7-2/h10,12,15,17,21,26,31-32H,6-9,11,13-14,16,18-20H2,1-5H3,(H,30,35)(H,33,34)/t21-,26?/m0/s1. The number of carbonyl (C=O) groups is 2. The van der Waals surface area contributed by atoms with E-state index in [1.165, 1.54) is 6.07 Å². The number of amides is 2. The lowest BCUT2D eigenvalue weighted by Gasteiger charge is -2.19. The average molecular weight is 491 g/mol. The Morgan fingerprint density at radius 3 is 2.46 bits per heavy atom. The SMILES string of the molecule is CCC=C(CN[C@@H](C)CC)NCC(=O)NC(CCC)C(=O)NCCCc1cccc(F)c1CCC. The normalized spacial score (nSPS) is 13.3. The highest BCUT2D eigenvalue weighted by Crippen LogP contribution is 2.17. The summed E-state index contributed by atoms with van der Waals surface area (Å²) in [6, 6.07) is 5.05. The van der Waals surface area contributed by atoms with Gasteiger partial charge in [0.1, 0.15) is 11.9 Å². The summed E-state index contributed by atoms with van der Waals surface area (Å²) in [5, 5.41) is 12.4. The number of halogens is 1. The lowest BCUT2D eigenvalue weighted by molar-refractivity contribution is -0.128. The van der Waals surface area contributed by atoms with Gasteiger partial charge in [0.2, 0.25) is 11.8 Å². The lowest BCUT2D eigenvalue weighted by Crippen LogP contribution is -2.49. The van der Waals surface area contributed by atoms with Crippen molar-refractivity contribution in [3.05, 3.63) is 46.9 Å². The molecule has 2 atom stereocenters. The number of benzene rings is 1. The van der Waals surface area contributed by atoms with Crippen LogP contribution in [0.1, 0.15) is 84.3 Å². The van der Waals surface area contributed by atoms with E-state index in [4.69, 9.17) is 0 Å². The van der Waals surface area contributed by atoms with Gasteiger partial charge in [-0.05, 0) is 62.6 Å². The summed E-state index contributed by atoms with van der Waals surface area (Å²) in [6.45, 7) is 11.6. The summed E-state index contributed by atoms with van der Waals surface area (Å²) in [5.41, 5.74) is 2.77. The Bertz CT molecular complexity index is 797. The molecule has 198 valence electrons. The molecule has 1 aromatic carbocycles. The molecule has 2 amide bonds. The van der Waals surface area contributed by atoms with Crippen LogP contribution in [-0.2, 0) is 22.4 Å². The van der Waals surface area contributed by atoms with Crippen molar-refractivity contribution in [1.29, 1.82) is 0 Å². The molecule has 0 aliphatic heterocycles. The van der Waals surface area contributed by atoms with Crippen LogP contribution in [0.5, 0.6) is 0 Å². The van der Waals surface area contributed by atoms with Crippen LogP contribution in [0.25, 0.3) is 0 Å². The average Bonchev–Trinajstić information content (AvgIpc) is 2.84. The maximum absolute atomic E-state index is 14.1. The van der Waals surface area contributed by atoms with Crippen molar-refractivity contribution in [3.8, 4) is 0 Å². The first-order valence-corrected chi connectivity index (χ1v) is 13.4. The predicted molar refractivity (Wildman–Crippen MR) is 143 cm³/mol. The Kier molecular flexibility index (Phi) is 15.7. The first-order chi connectivity index (χ1) is 16.9. The van der Waals surface area contributed by atoms with Gasteiger partial charge in [-0.3, -0.25) is 9.59 Å². The van der Waals surface area contributed by atoms with Crippen molar-refractivity contribution < 1.29 is 14.0 Å². The highest BCUT2D eigenvalue weighted by Gasteiger charge is 2.19. The molecular formula is C28H47FN4O2. The van der Waals surface area contributed by atoms with E-state index in [0.717, 1.165) is 48.9 Å². The molecule has 0 aliphatic carbocycles. The van der Waals surface area contributed by atoms with E-state index in [-0.39, 0.29) is 24.2 Å². The summed E-state index contributed by atoms with van der Waals surface area (Å²) in [6.07, 6.45) is 8.39. The van der Waals surface area contributed by atoms with Crippen LogP contribution in [-0.4, -0.2) is 43.5 Å². The van der Waals surface area contributed by atoms with Crippen LogP contribution in [0.3, 0.4) is 0 Å². The summed E-state index contributed by atoms with van der Waals surface area (Å²) in [4.78, 5) is 25.3. The maximum Gasteiger partial charge on any atom is 0.242 e. The molecule has 0 radical (unpaired) electrons. The number of rotatable bonds is 18. The molecule has 0 aliphatic rings. The van der Waals surface area contributed by atoms with Crippen LogP contribution in [0.15, 0.2) is 30.0 Å². The van der Waals surface area contributed by atoms with E-state index in [1.54, 1.807) is 6.07 Å². The molecule has 1 aromatic rings. The Morgan fingerprint density at radius 2 is 1.80 bits per heavy atom. The lowest BCUT2D eigenvalue weighted by atomic mass is 9.99. The Hall–Kier alpha value is -2.41. The molecule has 0 saturated heterocycles. The Balaban J connectivity index is 2.52. The predicted octanol–water partition coefficient (Wildman–Crippen LogP) is 4.38. The van der Waals surface area contributed by atoms with E-state index < -0.39 is 6.04 Å². The second kappa shape index (κ2) is 17.9. The van der Waals surface area contributed by atoms with Crippen LogP contribution in [0, 0.1) is 5.82 Å². The van der Waals surface area contributed by atoms with Crippen LogP contribution >= 0.6 is 0 Å². The topological polar surface area (TPSA) is 82.3 Å². The van der Waals surface area contributed by atoms with Crippen molar-refractivity contribution in [2.75, 3.05) is 19.6 Å². The molecule has 0 spiro atoms. The minimum absolute atomic E-state index is 0.126. The fourth-order valence-corrected chi connectivity index (χ4v) is 3.86. The Labute approximate surface area is 211 Å². The first-order valence-electron chi connectivity index (χ1n) is 13.4. The zero-order chi connectivity index (χ0) is 26.1.